The van der Waals surface area contributed by atoms with Gasteiger partial charge in [-0.25, -0.2) is 15.3 Å². The van der Waals surface area contributed by atoms with Crippen molar-refractivity contribution in [3.05, 3.63) is 0 Å². The smallest absolute Gasteiger partial charge is 0.426 e. The molecule has 11 heavy (non-hydrogen) atoms. The molecule has 6 nitrogen and oxygen atoms in total. The quantitative estimate of drug-likeness (QED) is 0.578. The number of ether oxygens (including phenoxy) is 2. The van der Waals surface area contributed by atoms with E-state index in [9.17, 15) is 9.59 Å². The van der Waals surface area contributed by atoms with Crippen molar-refractivity contribution >= 4 is 12.2 Å². The van der Waals surface area contributed by atoms with E-state index in [1.165, 1.54) is 7.11 Å². The fourth-order valence-electron chi connectivity index (χ4n) is 0.369. The van der Waals surface area contributed by atoms with Gasteiger partial charge in [0.1, 0.15) is 6.61 Å². The third-order valence-electron chi connectivity index (χ3n) is 0.790. The van der Waals surface area contributed by atoms with Crippen molar-refractivity contribution in [3.8, 4) is 0 Å². The van der Waals surface area contributed by atoms with Crippen LogP contribution in [0.2, 0.25) is 0 Å². The van der Waals surface area contributed by atoms with Gasteiger partial charge in [0.05, 0.1) is 13.7 Å². The first-order valence-corrected chi connectivity index (χ1v) is 2.87. The number of rotatable bonds is 3. The van der Waals surface area contributed by atoms with Crippen molar-refractivity contribution in [2.24, 2.45) is 0 Å². The lowest BCUT2D eigenvalue weighted by Crippen LogP contribution is -2.27. The Morgan fingerprint density at radius 2 is 2.18 bits per heavy atom. The highest BCUT2D eigenvalue weighted by molar-refractivity contribution is 5.67. The van der Waals surface area contributed by atoms with Crippen LogP contribution < -0.4 is 11.1 Å². The molecule has 0 unspecified atom stereocenters. The maximum Gasteiger partial charge on any atom is 0.426 e. The maximum atomic E-state index is 10.3. The van der Waals surface area contributed by atoms with E-state index in [-0.39, 0.29) is 13.2 Å². The van der Waals surface area contributed by atoms with Gasteiger partial charge < -0.3 is 14.8 Å². The molecule has 63 valence electrons. The van der Waals surface area contributed by atoms with Crippen LogP contribution in [0.15, 0.2) is 0 Å². The van der Waals surface area contributed by atoms with E-state index in [1.54, 1.807) is 0 Å². The summed E-state index contributed by atoms with van der Waals surface area (Å²) in [5.41, 5.74) is 6.30. The summed E-state index contributed by atoms with van der Waals surface area (Å²) in [7, 11) is 1.23. The number of amides is 2. The molecule has 2 N–H and O–H groups in total. The summed E-state index contributed by atoms with van der Waals surface area (Å²) in [4.78, 5) is 20.2. The molecule has 0 rings (SSSR count). The Hall–Kier alpha value is -1.46. The van der Waals surface area contributed by atoms with Crippen molar-refractivity contribution in [2.45, 2.75) is 0 Å². The van der Waals surface area contributed by atoms with Crippen LogP contribution >= 0.6 is 0 Å². The lowest BCUT2D eigenvalue weighted by Gasteiger charge is -2.02. The first-order chi connectivity index (χ1) is 5.16. The monoisotopic (exact) mass is 161 g/mol. The number of hydrogen-bond acceptors (Lipinski definition) is 4. The van der Waals surface area contributed by atoms with E-state index in [0.717, 1.165) is 0 Å². The fraction of sp³-hybridized carbons (Fsp3) is 0.600. The second kappa shape index (κ2) is 5.33. The Bertz CT molecular complexity index is 147. The molecule has 0 heterocycles. The van der Waals surface area contributed by atoms with Crippen LogP contribution in [0.5, 0.6) is 0 Å². The molecule has 0 fully saturated rings. The fourth-order valence-corrected chi connectivity index (χ4v) is 0.369. The summed E-state index contributed by atoms with van der Waals surface area (Å²) in [5, 5.41) is 2.27. The largest absolute Gasteiger partial charge is 0.453 e. The molecule has 0 aromatic heterocycles. The highest BCUT2D eigenvalue weighted by Crippen LogP contribution is 1.74. The molecule has 0 spiro atoms. The van der Waals surface area contributed by atoms with Crippen molar-refractivity contribution < 1.29 is 19.1 Å². The van der Waals surface area contributed by atoms with E-state index in [1.807, 2.05) is 0 Å². The summed E-state index contributed by atoms with van der Waals surface area (Å²) in [6, 6.07) is 0. The molecular formula is C5H9N2O4. The minimum Gasteiger partial charge on any atom is -0.453 e. The van der Waals surface area contributed by atoms with Crippen LogP contribution in [0.3, 0.4) is 0 Å². The number of carbonyl (C=O) groups excluding carboxylic acids is 2. The van der Waals surface area contributed by atoms with Crippen LogP contribution in [0, 0.1) is 0 Å². The van der Waals surface area contributed by atoms with Crippen molar-refractivity contribution in [2.75, 3.05) is 20.3 Å². The first-order valence-electron chi connectivity index (χ1n) is 2.87. The van der Waals surface area contributed by atoms with Gasteiger partial charge in [-0.3, -0.25) is 0 Å². The van der Waals surface area contributed by atoms with Crippen LogP contribution in [-0.4, -0.2) is 32.4 Å². The van der Waals surface area contributed by atoms with Gasteiger partial charge in [-0.15, -0.1) is 0 Å². The van der Waals surface area contributed by atoms with Crippen molar-refractivity contribution in [3.63, 3.8) is 0 Å². The second-order valence-corrected chi connectivity index (χ2v) is 1.55. The van der Waals surface area contributed by atoms with E-state index >= 15 is 0 Å². The molecular weight excluding hydrogens is 152 g/mol. The van der Waals surface area contributed by atoms with Gasteiger partial charge >= 0.3 is 12.2 Å². The van der Waals surface area contributed by atoms with Gasteiger partial charge in [0, 0.05) is 0 Å². The highest BCUT2D eigenvalue weighted by atomic mass is 16.6. The average Bonchev–Trinajstić information content (AvgIpc) is 1.97. The highest BCUT2D eigenvalue weighted by Gasteiger charge is 1.97. The number of methoxy groups -OCH3 is 1. The van der Waals surface area contributed by atoms with Gasteiger partial charge in [0.2, 0.25) is 0 Å². The Labute approximate surface area is 63.6 Å². The standard InChI is InChI=1S/C5H9N2O4/c1-10-5(9)7-2-3-11-4(6)8/h6H,2-3H2,1H3,(H,7,9). The molecule has 1 radical (unpaired) electrons. The Kier molecular flexibility index (Phi) is 4.63. The molecule has 0 aromatic rings. The number of hydrogen-bond donors (Lipinski definition) is 1. The zero-order valence-corrected chi connectivity index (χ0v) is 6.05. The van der Waals surface area contributed by atoms with Crippen LogP contribution in [0.25, 0.3) is 0 Å². The topological polar surface area (TPSA) is 88.4 Å². The minimum atomic E-state index is -1.11. The van der Waals surface area contributed by atoms with E-state index in [0.29, 0.717) is 0 Å². The van der Waals surface area contributed by atoms with Gasteiger partial charge in [-0.2, -0.15) is 0 Å². The molecule has 0 saturated carbocycles. The minimum absolute atomic E-state index is 0.0164. The van der Waals surface area contributed by atoms with Gasteiger partial charge in [0.25, 0.3) is 0 Å². The first kappa shape index (κ1) is 9.54. The molecule has 0 atom stereocenters. The zero-order chi connectivity index (χ0) is 8.69. The third kappa shape index (κ3) is 6.42. The predicted molar refractivity (Wildman–Crippen MR) is 34.9 cm³/mol. The molecule has 2 amide bonds. The van der Waals surface area contributed by atoms with Gasteiger partial charge in [-0.05, 0) is 0 Å². The van der Waals surface area contributed by atoms with Gasteiger partial charge in [-0.1, -0.05) is 0 Å². The zero-order valence-electron chi connectivity index (χ0n) is 6.05. The molecule has 0 aliphatic rings. The number of carbonyl (C=O) groups is 2. The van der Waals surface area contributed by atoms with E-state index in [2.05, 4.69) is 14.8 Å². The SMILES string of the molecule is COC(=O)NCCOC([NH])=O. The molecule has 0 aromatic carbocycles. The summed E-state index contributed by atoms with van der Waals surface area (Å²) < 4.78 is 8.41. The third-order valence-corrected chi connectivity index (χ3v) is 0.790. The number of alkyl carbamates (subject to hydrolysis) is 1. The lowest BCUT2D eigenvalue weighted by atomic mass is 10.7. The van der Waals surface area contributed by atoms with Crippen LogP contribution in [-0.2, 0) is 9.47 Å². The average molecular weight is 161 g/mol. The Morgan fingerprint density at radius 1 is 1.55 bits per heavy atom. The molecule has 6 heteroatoms. The second-order valence-electron chi connectivity index (χ2n) is 1.55. The predicted octanol–water partition coefficient (Wildman–Crippen LogP) is -0.238. The number of nitrogens with one attached hydrogen (secondary N) is 2. The van der Waals surface area contributed by atoms with Crippen LogP contribution in [0.1, 0.15) is 0 Å². The molecule has 0 aliphatic heterocycles. The lowest BCUT2D eigenvalue weighted by molar-refractivity contribution is 0.147. The summed E-state index contributed by atoms with van der Waals surface area (Å²) in [5.74, 6) is 0. The van der Waals surface area contributed by atoms with Crippen molar-refractivity contribution in [1.82, 2.24) is 11.1 Å². The maximum absolute atomic E-state index is 10.3. The van der Waals surface area contributed by atoms with Crippen molar-refractivity contribution in [1.29, 1.82) is 0 Å². The summed E-state index contributed by atoms with van der Waals surface area (Å²) in [6.45, 7) is 0.134. The molecule has 0 aliphatic carbocycles. The Morgan fingerprint density at radius 3 is 2.64 bits per heavy atom. The van der Waals surface area contributed by atoms with Crippen LogP contribution in [0.4, 0.5) is 9.59 Å². The summed E-state index contributed by atoms with van der Waals surface area (Å²) >= 11 is 0. The summed E-state index contributed by atoms with van der Waals surface area (Å²) in [6.07, 6.45) is -1.71. The molecule has 0 saturated heterocycles. The van der Waals surface area contributed by atoms with Gasteiger partial charge in [0.15, 0.2) is 0 Å². The normalized spacial score (nSPS) is 8.45. The Balaban J connectivity index is 3.14. The molecule has 0 bridgehead atoms. The van der Waals surface area contributed by atoms with E-state index < -0.39 is 12.2 Å². The van der Waals surface area contributed by atoms with E-state index in [4.69, 9.17) is 5.73 Å².